The monoisotopic (exact) mass is 285 g/mol. The van der Waals surface area contributed by atoms with Crippen LogP contribution in [0.1, 0.15) is 37.3 Å². The quantitative estimate of drug-likeness (QED) is 0.857. The van der Waals surface area contributed by atoms with Crippen LogP contribution in [-0.4, -0.2) is 19.8 Å². The van der Waals surface area contributed by atoms with Gasteiger partial charge in [-0.1, -0.05) is 18.0 Å². The SMILES string of the molecule is Fc1c(Cl)cc2c(c1C1CCCCN1)OCCCO2. The van der Waals surface area contributed by atoms with Gasteiger partial charge < -0.3 is 14.8 Å². The van der Waals surface area contributed by atoms with Crippen LogP contribution in [0.25, 0.3) is 0 Å². The Morgan fingerprint density at radius 3 is 2.84 bits per heavy atom. The Morgan fingerprint density at radius 2 is 2.05 bits per heavy atom. The van der Waals surface area contributed by atoms with E-state index in [9.17, 15) is 4.39 Å². The number of ether oxygens (including phenoxy) is 2. The number of rotatable bonds is 1. The minimum atomic E-state index is -0.384. The second-order valence-corrected chi connectivity index (χ2v) is 5.37. The van der Waals surface area contributed by atoms with Crippen LogP contribution in [0, 0.1) is 5.82 Å². The largest absolute Gasteiger partial charge is 0.489 e. The third-order valence-electron chi connectivity index (χ3n) is 3.62. The van der Waals surface area contributed by atoms with E-state index in [0.29, 0.717) is 30.3 Å². The lowest BCUT2D eigenvalue weighted by atomic mass is 9.96. The van der Waals surface area contributed by atoms with E-state index in [2.05, 4.69) is 5.32 Å². The molecule has 5 heteroatoms. The summed E-state index contributed by atoms with van der Waals surface area (Å²) in [6.07, 6.45) is 3.90. The Morgan fingerprint density at radius 1 is 1.21 bits per heavy atom. The summed E-state index contributed by atoms with van der Waals surface area (Å²) >= 11 is 5.98. The molecular weight excluding hydrogens is 269 g/mol. The van der Waals surface area contributed by atoms with Crippen LogP contribution in [0.5, 0.6) is 11.5 Å². The van der Waals surface area contributed by atoms with Crippen molar-refractivity contribution in [1.82, 2.24) is 5.32 Å². The van der Waals surface area contributed by atoms with Crippen molar-refractivity contribution in [3.8, 4) is 11.5 Å². The molecular formula is C14H17ClFNO2. The summed E-state index contributed by atoms with van der Waals surface area (Å²) in [7, 11) is 0. The fourth-order valence-electron chi connectivity index (χ4n) is 2.69. The van der Waals surface area contributed by atoms with Gasteiger partial charge in [-0.15, -0.1) is 0 Å². The van der Waals surface area contributed by atoms with Crippen molar-refractivity contribution in [2.75, 3.05) is 19.8 Å². The number of piperidine rings is 1. The second kappa shape index (κ2) is 5.55. The van der Waals surface area contributed by atoms with Gasteiger partial charge in [-0.05, 0) is 19.4 Å². The molecule has 1 fully saturated rings. The van der Waals surface area contributed by atoms with Gasteiger partial charge in [0.15, 0.2) is 17.3 Å². The third-order valence-corrected chi connectivity index (χ3v) is 3.90. The zero-order chi connectivity index (χ0) is 13.2. The van der Waals surface area contributed by atoms with E-state index in [1.165, 1.54) is 6.07 Å². The molecule has 1 aromatic rings. The van der Waals surface area contributed by atoms with Gasteiger partial charge in [0.25, 0.3) is 0 Å². The van der Waals surface area contributed by atoms with Crippen molar-refractivity contribution < 1.29 is 13.9 Å². The zero-order valence-electron chi connectivity index (χ0n) is 10.7. The van der Waals surface area contributed by atoms with E-state index in [4.69, 9.17) is 21.1 Å². The molecule has 0 aromatic heterocycles. The number of nitrogens with one attached hydrogen (secondary N) is 1. The minimum Gasteiger partial charge on any atom is -0.489 e. The molecule has 2 aliphatic rings. The normalized spacial score (nSPS) is 22.9. The molecule has 19 heavy (non-hydrogen) atoms. The smallest absolute Gasteiger partial charge is 0.168 e. The molecule has 1 saturated heterocycles. The Hall–Kier alpha value is -1.00. The highest BCUT2D eigenvalue weighted by Crippen LogP contribution is 2.43. The second-order valence-electron chi connectivity index (χ2n) is 4.97. The molecule has 0 amide bonds. The van der Waals surface area contributed by atoms with Crippen molar-refractivity contribution in [1.29, 1.82) is 0 Å². The van der Waals surface area contributed by atoms with E-state index in [0.717, 1.165) is 32.2 Å². The molecule has 0 aliphatic carbocycles. The van der Waals surface area contributed by atoms with Crippen molar-refractivity contribution in [3.05, 3.63) is 22.5 Å². The Kier molecular flexibility index (Phi) is 3.80. The molecule has 3 nitrogen and oxygen atoms in total. The van der Waals surface area contributed by atoms with E-state index in [1.807, 2.05) is 0 Å². The first kappa shape index (κ1) is 13.0. The molecule has 1 aromatic carbocycles. The maximum absolute atomic E-state index is 14.4. The average Bonchev–Trinajstić information content (AvgIpc) is 2.66. The number of hydrogen-bond acceptors (Lipinski definition) is 3. The average molecular weight is 286 g/mol. The van der Waals surface area contributed by atoms with Crippen LogP contribution in [0.4, 0.5) is 4.39 Å². The number of fused-ring (bicyclic) bond motifs is 1. The molecule has 2 heterocycles. The summed E-state index contributed by atoms with van der Waals surface area (Å²) in [6, 6.07) is 1.48. The van der Waals surface area contributed by atoms with Gasteiger partial charge in [0.05, 0.1) is 23.8 Å². The van der Waals surface area contributed by atoms with Gasteiger partial charge in [-0.3, -0.25) is 0 Å². The summed E-state index contributed by atoms with van der Waals surface area (Å²) in [5, 5.41) is 3.44. The van der Waals surface area contributed by atoms with E-state index >= 15 is 0 Å². The first-order valence-electron chi connectivity index (χ1n) is 6.78. The standard InChI is InChI=1S/C14H17ClFNO2/c15-9-8-11-14(19-7-3-6-18-11)12(13(9)16)10-4-1-2-5-17-10/h8,10,17H,1-7H2. The molecule has 1 atom stereocenters. The van der Waals surface area contributed by atoms with Crippen LogP contribution < -0.4 is 14.8 Å². The lowest BCUT2D eigenvalue weighted by Gasteiger charge is -2.26. The van der Waals surface area contributed by atoms with Gasteiger partial charge in [-0.25, -0.2) is 4.39 Å². The molecule has 0 saturated carbocycles. The molecule has 1 unspecified atom stereocenters. The maximum Gasteiger partial charge on any atom is 0.168 e. The lowest BCUT2D eigenvalue weighted by molar-refractivity contribution is 0.292. The molecule has 0 bridgehead atoms. The maximum atomic E-state index is 14.4. The summed E-state index contributed by atoms with van der Waals surface area (Å²) < 4.78 is 25.7. The van der Waals surface area contributed by atoms with Crippen LogP contribution in [0.15, 0.2) is 6.07 Å². The number of benzene rings is 1. The van der Waals surface area contributed by atoms with Gasteiger partial charge in [0.2, 0.25) is 0 Å². The van der Waals surface area contributed by atoms with Crippen LogP contribution in [0.2, 0.25) is 5.02 Å². The van der Waals surface area contributed by atoms with Crippen molar-refractivity contribution in [2.24, 2.45) is 0 Å². The van der Waals surface area contributed by atoms with Gasteiger partial charge in [0, 0.05) is 18.5 Å². The number of halogens is 2. The van der Waals surface area contributed by atoms with Crippen molar-refractivity contribution in [2.45, 2.75) is 31.7 Å². The summed E-state index contributed by atoms with van der Waals surface area (Å²) in [5.41, 5.74) is 0.532. The highest BCUT2D eigenvalue weighted by Gasteiger charge is 2.28. The van der Waals surface area contributed by atoms with Crippen molar-refractivity contribution in [3.63, 3.8) is 0 Å². The summed E-state index contributed by atoms with van der Waals surface area (Å²) in [5.74, 6) is 0.704. The topological polar surface area (TPSA) is 30.5 Å². The van der Waals surface area contributed by atoms with Crippen LogP contribution in [-0.2, 0) is 0 Å². The lowest BCUT2D eigenvalue weighted by Crippen LogP contribution is -2.28. The number of hydrogen-bond donors (Lipinski definition) is 1. The van der Waals surface area contributed by atoms with Crippen LogP contribution >= 0.6 is 11.6 Å². The fourth-order valence-corrected chi connectivity index (χ4v) is 2.89. The Bertz CT molecular complexity index is 475. The third kappa shape index (κ3) is 2.51. The predicted molar refractivity (Wildman–Crippen MR) is 71.6 cm³/mol. The molecule has 3 rings (SSSR count). The van der Waals surface area contributed by atoms with Gasteiger partial charge >= 0.3 is 0 Å². The molecule has 2 aliphatic heterocycles. The highest BCUT2D eigenvalue weighted by molar-refractivity contribution is 6.31. The zero-order valence-corrected chi connectivity index (χ0v) is 11.4. The molecule has 0 radical (unpaired) electrons. The van der Waals surface area contributed by atoms with Gasteiger partial charge in [0.1, 0.15) is 0 Å². The van der Waals surface area contributed by atoms with E-state index in [-0.39, 0.29) is 16.9 Å². The molecule has 1 N–H and O–H groups in total. The van der Waals surface area contributed by atoms with Crippen molar-refractivity contribution >= 4 is 11.6 Å². The fraction of sp³-hybridized carbons (Fsp3) is 0.571. The first-order chi connectivity index (χ1) is 9.27. The predicted octanol–water partition coefficient (Wildman–Crippen LogP) is 3.46. The first-order valence-corrected chi connectivity index (χ1v) is 7.16. The van der Waals surface area contributed by atoms with Crippen LogP contribution in [0.3, 0.4) is 0 Å². The minimum absolute atomic E-state index is 0.0390. The Labute approximate surface area is 117 Å². The molecule has 104 valence electrons. The van der Waals surface area contributed by atoms with Gasteiger partial charge in [-0.2, -0.15) is 0 Å². The van der Waals surface area contributed by atoms with E-state index in [1.54, 1.807) is 0 Å². The summed E-state index contributed by atoms with van der Waals surface area (Å²) in [4.78, 5) is 0. The highest BCUT2D eigenvalue weighted by atomic mass is 35.5. The molecule has 0 spiro atoms. The Balaban J connectivity index is 2.07. The summed E-state index contributed by atoms with van der Waals surface area (Å²) in [6.45, 7) is 2.02. The van der Waals surface area contributed by atoms with E-state index < -0.39 is 0 Å².